The third kappa shape index (κ3) is 3.33. The SMILES string of the molecule is Cc1ccc(F)cc1S(=O)(=O)Nc1ccc(Br)cc1. The smallest absolute Gasteiger partial charge is 0.262 e. The Bertz CT molecular complexity index is 699. The summed E-state index contributed by atoms with van der Waals surface area (Å²) in [6, 6.07) is 10.4. The Morgan fingerprint density at radius 3 is 2.37 bits per heavy atom. The molecule has 100 valence electrons. The average molecular weight is 344 g/mol. The minimum atomic E-state index is -3.78. The molecule has 0 amide bonds. The van der Waals surface area contributed by atoms with E-state index in [0.717, 1.165) is 10.5 Å². The van der Waals surface area contributed by atoms with Gasteiger partial charge < -0.3 is 0 Å². The number of hydrogen-bond acceptors (Lipinski definition) is 2. The van der Waals surface area contributed by atoms with E-state index in [9.17, 15) is 12.8 Å². The summed E-state index contributed by atoms with van der Waals surface area (Å²) in [6.07, 6.45) is 0. The van der Waals surface area contributed by atoms with Crippen molar-refractivity contribution in [1.82, 2.24) is 0 Å². The molecular formula is C13H11BrFNO2S. The molecule has 0 saturated heterocycles. The fraction of sp³-hybridized carbons (Fsp3) is 0.0769. The van der Waals surface area contributed by atoms with E-state index in [4.69, 9.17) is 0 Å². The van der Waals surface area contributed by atoms with Crippen LogP contribution in [0.3, 0.4) is 0 Å². The minimum Gasteiger partial charge on any atom is -0.280 e. The summed E-state index contributed by atoms with van der Waals surface area (Å²) in [7, 11) is -3.78. The molecule has 0 saturated carbocycles. The van der Waals surface area contributed by atoms with Crippen LogP contribution in [-0.2, 0) is 10.0 Å². The highest BCUT2D eigenvalue weighted by Crippen LogP contribution is 2.21. The Balaban J connectivity index is 2.37. The Kier molecular flexibility index (Phi) is 3.91. The molecule has 0 radical (unpaired) electrons. The van der Waals surface area contributed by atoms with Crippen molar-refractivity contribution in [3.8, 4) is 0 Å². The second kappa shape index (κ2) is 5.30. The highest BCUT2D eigenvalue weighted by atomic mass is 79.9. The summed E-state index contributed by atoms with van der Waals surface area (Å²) in [5, 5.41) is 0. The second-order valence-corrected chi connectivity index (χ2v) is 6.59. The fourth-order valence-corrected chi connectivity index (χ4v) is 3.17. The molecular weight excluding hydrogens is 333 g/mol. The zero-order chi connectivity index (χ0) is 14.0. The molecule has 0 aromatic heterocycles. The molecule has 1 N–H and O–H groups in total. The predicted molar refractivity (Wildman–Crippen MR) is 76.1 cm³/mol. The van der Waals surface area contributed by atoms with Crippen molar-refractivity contribution in [2.45, 2.75) is 11.8 Å². The maximum atomic E-state index is 13.2. The average Bonchev–Trinajstić information content (AvgIpc) is 2.35. The number of hydrogen-bond donors (Lipinski definition) is 1. The van der Waals surface area contributed by atoms with E-state index >= 15 is 0 Å². The molecule has 2 rings (SSSR count). The number of halogens is 2. The molecule has 0 atom stereocenters. The van der Waals surface area contributed by atoms with Crippen LogP contribution in [0, 0.1) is 12.7 Å². The Hall–Kier alpha value is -1.40. The largest absolute Gasteiger partial charge is 0.280 e. The van der Waals surface area contributed by atoms with Gasteiger partial charge in [0.05, 0.1) is 4.90 Å². The van der Waals surface area contributed by atoms with Gasteiger partial charge >= 0.3 is 0 Å². The van der Waals surface area contributed by atoms with Crippen molar-refractivity contribution in [3.05, 3.63) is 58.3 Å². The first-order chi connectivity index (χ1) is 8.88. The molecule has 3 nitrogen and oxygen atoms in total. The van der Waals surface area contributed by atoms with E-state index in [2.05, 4.69) is 20.7 Å². The highest BCUT2D eigenvalue weighted by Gasteiger charge is 2.17. The van der Waals surface area contributed by atoms with Gasteiger partial charge in [0.2, 0.25) is 0 Å². The monoisotopic (exact) mass is 343 g/mol. The van der Waals surface area contributed by atoms with Crippen LogP contribution in [0.1, 0.15) is 5.56 Å². The molecule has 2 aromatic carbocycles. The van der Waals surface area contributed by atoms with Gasteiger partial charge in [0, 0.05) is 10.2 Å². The van der Waals surface area contributed by atoms with Crippen LogP contribution >= 0.6 is 15.9 Å². The summed E-state index contributed by atoms with van der Waals surface area (Å²) in [5.74, 6) is -0.582. The lowest BCUT2D eigenvalue weighted by Gasteiger charge is -2.10. The Labute approximate surface area is 119 Å². The summed E-state index contributed by atoms with van der Waals surface area (Å²) in [5.41, 5.74) is 0.915. The number of nitrogens with one attached hydrogen (secondary N) is 1. The summed E-state index contributed by atoms with van der Waals surface area (Å²) in [4.78, 5) is -0.0598. The summed E-state index contributed by atoms with van der Waals surface area (Å²) in [6.45, 7) is 1.62. The van der Waals surface area contributed by atoms with Gasteiger partial charge in [-0.15, -0.1) is 0 Å². The molecule has 0 fully saturated rings. The molecule has 0 unspecified atom stereocenters. The van der Waals surface area contributed by atoms with Crippen molar-refractivity contribution in [1.29, 1.82) is 0 Å². The highest BCUT2D eigenvalue weighted by molar-refractivity contribution is 9.10. The molecule has 0 aliphatic carbocycles. The van der Waals surface area contributed by atoms with Gasteiger partial charge in [0.1, 0.15) is 5.82 Å². The maximum absolute atomic E-state index is 13.2. The predicted octanol–water partition coefficient (Wildman–Crippen LogP) is 3.70. The van der Waals surface area contributed by atoms with Gasteiger partial charge in [-0.2, -0.15) is 0 Å². The van der Waals surface area contributed by atoms with Crippen molar-refractivity contribution in [2.24, 2.45) is 0 Å². The zero-order valence-corrected chi connectivity index (χ0v) is 12.4. The lowest BCUT2D eigenvalue weighted by atomic mass is 10.2. The molecule has 0 aliphatic heterocycles. The summed E-state index contributed by atoms with van der Waals surface area (Å²) >= 11 is 3.26. The van der Waals surface area contributed by atoms with E-state index in [0.29, 0.717) is 11.3 Å². The first-order valence-electron chi connectivity index (χ1n) is 5.43. The van der Waals surface area contributed by atoms with Gasteiger partial charge in [0.25, 0.3) is 10.0 Å². The van der Waals surface area contributed by atoms with E-state index in [-0.39, 0.29) is 4.90 Å². The normalized spacial score (nSPS) is 11.3. The second-order valence-electron chi connectivity index (χ2n) is 4.02. The van der Waals surface area contributed by atoms with Gasteiger partial charge in [-0.3, -0.25) is 4.72 Å². The zero-order valence-electron chi connectivity index (χ0n) is 10.0. The lowest BCUT2D eigenvalue weighted by Crippen LogP contribution is -2.14. The van der Waals surface area contributed by atoms with Crippen LogP contribution in [0.5, 0.6) is 0 Å². The van der Waals surface area contributed by atoms with Crippen LogP contribution < -0.4 is 4.72 Å². The molecule has 0 spiro atoms. The molecule has 2 aromatic rings. The fourth-order valence-electron chi connectivity index (χ4n) is 1.59. The number of benzene rings is 2. The lowest BCUT2D eigenvalue weighted by molar-refractivity contribution is 0.594. The molecule has 6 heteroatoms. The van der Waals surface area contributed by atoms with Gasteiger partial charge in [0.15, 0.2) is 0 Å². The van der Waals surface area contributed by atoms with Gasteiger partial charge in [-0.1, -0.05) is 22.0 Å². The Morgan fingerprint density at radius 1 is 1.11 bits per heavy atom. The number of anilines is 1. The van der Waals surface area contributed by atoms with Crippen LogP contribution in [0.15, 0.2) is 51.8 Å². The van der Waals surface area contributed by atoms with Crippen molar-refractivity contribution >= 4 is 31.6 Å². The van der Waals surface area contributed by atoms with Crippen molar-refractivity contribution in [2.75, 3.05) is 4.72 Å². The minimum absolute atomic E-state index is 0.0598. The maximum Gasteiger partial charge on any atom is 0.262 e. The van der Waals surface area contributed by atoms with E-state index < -0.39 is 15.8 Å². The molecule has 19 heavy (non-hydrogen) atoms. The first-order valence-corrected chi connectivity index (χ1v) is 7.71. The summed E-state index contributed by atoms with van der Waals surface area (Å²) < 4.78 is 40.8. The number of aryl methyl sites for hydroxylation is 1. The standard InChI is InChI=1S/C13H11BrFNO2S/c1-9-2-5-11(15)8-13(9)19(17,18)16-12-6-3-10(14)4-7-12/h2-8,16H,1H3. The quantitative estimate of drug-likeness (QED) is 0.923. The molecule has 0 bridgehead atoms. The van der Waals surface area contributed by atoms with Gasteiger partial charge in [-0.05, 0) is 48.9 Å². The number of sulfonamides is 1. The van der Waals surface area contributed by atoms with Crippen molar-refractivity contribution < 1.29 is 12.8 Å². The van der Waals surface area contributed by atoms with Gasteiger partial charge in [-0.25, -0.2) is 12.8 Å². The Morgan fingerprint density at radius 2 is 1.74 bits per heavy atom. The van der Waals surface area contributed by atoms with E-state index in [1.165, 1.54) is 12.1 Å². The van der Waals surface area contributed by atoms with Crippen LogP contribution in [0.4, 0.5) is 10.1 Å². The molecule has 0 aliphatic rings. The molecule has 0 heterocycles. The van der Waals surface area contributed by atoms with Crippen LogP contribution in [0.25, 0.3) is 0 Å². The van der Waals surface area contributed by atoms with Crippen molar-refractivity contribution in [3.63, 3.8) is 0 Å². The third-order valence-corrected chi connectivity index (χ3v) is 4.59. The van der Waals surface area contributed by atoms with E-state index in [1.54, 1.807) is 31.2 Å². The third-order valence-electron chi connectivity index (χ3n) is 2.54. The number of rotatable bonds is 3. The van der Waals surface area contributed by atoms with Crippen LogP contribution in [-0.4, -0.2) is 8.42 Å². The first kappa shape index (κ1) is 14.0. The topological polar surface area (TPSA) is 46.2 Å². The van der Waals surface area contributed by atoms with Crippen LogP contribution in [0.2, 0.25) is 0 Å². The van der Waals surface area contributed by atoms with E-state index in [1.807, 2.05) is 0 Å².